The van der Waals surface area contributed by atoms with E-state index in [-0.39, 0.29) is 5.69 Å². The molecule has 4 heteroatoms. The lowest BCUT2D eigenvalue weighted by Crippen LogP contribution is -1.86. The van der Waals surface area contributed by atoms with Crippen molar-refractivity contribution in [2.24, 2.45) is 0 Å². The second kappa shape index (κ2) is 5.03. The van der Waals surface area contributed by atoms with Gasteiger partial charge in [0.2, 0.25) is 0 Å². The van der Waals surface area contributed by atoms with Gasteiger partial charge in [0.15, 0.2) is 0 Å². The molecule has 0 unspecified atom stereocenters. The molecule has 0 bridgehead atoms. The fraction of sp³-hybridized carbons (Fsp3) is 0. The van der Waals surface area contributed by atoms with E-state index in [0.717, 1.165) is 11.1 Å². The first-order chi connectivity index (χ1) is 8.25. The van der Waals surface area contributed by atoms with Gasteiger partial charge in [-0.3, -0.25) is 15.1 Å². The van der Waals surface area contributed by atoms with E-state index in [1.165, 1.54) is 12.1 Å². The van der Waals surface area contributed by atoms with Crippen molar-refractivity contribution < 1.29 is 4.92 Å². The van der Waals surface area contributed by atoms with Crippen LogP contribution in [0.1, 0.15) is 11.1 Å². The fourth-order valence-corrected chi connectivity index (χ4v) is 1.37. The van der Waals surface area contributed by atoms with Crippen molar-refractivity contribution in [2.45, 2.75) is 0 Å². The van der Waals surface area contributed by atoms with Gasteiger partial charge < -0.3 is 0 Å². The maximum Gasteiger partial charge on any atom is 0.269 e. The van der Waals surface area contributed by atoms with Gasteiger partial charge in [0.25, 0.3) is 5.69 Å². The molecule has 0 amide bonds. The van der Waals surface area contributed by atoms with Gasteiger partial charge in [-0.25, -0.2) is 0 Å². The van der Waals surface area contributed by atoms with Gasteiger partial charge in [-0.1, -0.05) is 12.2 Å². The van der Waals surface area contributed by atoms with E-state index in [1.54, 1.807) is 24.5 Å². The normalized spacial score (nSPS) is 10.6. The molecule has 0 fully saturated rings. The largest absolute Gasteiger partial charge is 0.269 e. The Labute approximate surface area is 98.4 Å². The highest BCUT2D eigenvalue weighted by atomic mass is 16.6. The number of nitro benzene ring substituents is 1. The molecular formula is C13H10N2O2. The third-order valence-electron chi connectivity index (χ3n) is 2.28. The van der Waals surface area contributed by atoms with Crippen LogP contribution in [0, 0.1) is 10.1 Å². The van der Waals surface area contributed by atoms with E-state index in [0.29, 0.717) is 0 Å². The molecule has 4 nitrogen and oxygen atoms in total. The molecule has 0 saturated carbocycles. The molecule has 0 saturated heterocycles. The summed E-state index contributed by atoms with van der Waals surface area (Å²) >= 11 is 0. The van der Waals surface area contributed by atoms with Gasteiger partial charge in [-0.05, 0) is 35.4 Å². The van der Waals surface area contributed by atoms with Crippen molar-refractivity contribution in [3.8, 4) is 0 Å². The minimum atomic E-state index is -0.406. The Balaban J connectivity index is 2.14. The molecule has 2 aromatic rings. The van der Waals surface area contributed by atoms with Gasteiger partial charge in [-0.2, -0.15) is 0 Å². The maximum atomic E-state index is 10.5. The van der Waals surface area contributed by atoms with Crippen molar-refractivity contribution in [2.75, 3.05) is 0 Å². The van der Waals surface area contributed by atoms with Crippen molar-refractivity contribution in [1.82, 2.24) is 4.98 Å². The third-order valence-corrected chi connectivity index (χ3v) is 2.28. The fourth-order valence-electron chi connectivity index (χ4n) is 1.37. The minimum absolute atomic E-state index is 0.103. The van der Waals surface area contributed by atoms with Crippen molar-refractivity contribution >= 4 is 17.8 Å². The summed E-state index contributed by atoms with van der Waals surface area (Å²) in [5, 5.41) is 10.5. The molecule has 17 heavy (non-hydrogen) atoms. The second-order valence-electron chi connectivity index (χ2n) is 3.46. The first-order valence-corrected chi connectivity index (χ1v) is 5.08. The van der Waals surface area contributed by atoms with Crippen LogP contribution in [-0.4, -0.2) is 9.91 Å². The number of non-ortho nitro benzene ring substituents is 1. The van der Waals surface area contributed by atoms with Crippen LogP contribution in [0.4, 0.5) is 5.69 Å². The van der Waals surface area contributed by atoms with Crippen LogP contribution in [0.5, 0.6) is 0 Å². The van der Waals surface area contributed by atoms with Crippen molar-refractivity contribution in [3.63, 3.8) is 0 Å². The number of hydrogen-bond acceptors (Lipinski definition) is 3. The average Bonchev–Trinajstić information content (AvgIpc) is 2.38. The first-order valence-electron chi connectivity index (χ1n) is 5.08. The monoisotopic (exact) mass is 226 g/mol. The van der Waals surface area contributed by atoms with Crippen LogP contribution in [0.2, 0.25) is 0 Å². The maximum absolute atomic E-state index is 10.5. The van der Waals surface area contributed by atoms with Crippen LogP contribution < -0.4 is 0 Å². The smallest absolute Gasteiger partial charge is 0.265 e. The number of hydrogen-bond donors (Lipinski definition) is 0. The van der Waals surface area contributed by atoms with E-state index in [2.05, 4.69) is 4.98 Å². The Morgan fingerprint density at radius 1 is 0.941 bits per heavy atom. The van der Waals surface area contributed by atoms with E-state index in [9.17, 15) is 10.1 Å². The third kappa shape index (κ3) is 2.98. The lowest BCUT2D eigenvalue weighted by atomic mass is 10.1. The SMILES string of the molecule is O=[N+]([O-])c1ccc(C=Cc2ccncc2)cc1. The lowest BCUT2D eigenvalue weighted by molar-refractivity contribution is -0.384. The van der Waals surface area contributed by atoms with Crippen LogP contribution in [0.25, 0.3) is 12.2 Å². The Morgan fingerprint density at radius 2 is 1.47 bits per heavy atom. The Bertz CT molecular complexity index is 533. The van der Waals surface area contributed by atoms with Crippen LogP contribution in [-0.2, 0) is 0 Å². The summed E-state index contributed by atoms with van der Waals surface area (Å²) in [5.74, 6) is 0. The predicted molar refractivity (Wildman–Crippen MR) is 66.3 cm³/mol. The topological polar surface area (TPSA) is 56.0 Å². The molecule has 0 radical (unpaired) electrons. The van der Waals surface area contributed by atoms with E-state index < -0.39 is 4.92 Å². The zero-order valence-corrected chi connectivity index (χ0v) is 8.98. The number of nitro groups is 1. The Hall–Kier alpha value is -2.49. The molecule has 1 heterocycles. The number of rotatable bonds is 3. The molecule has 84 valence electrons. The molecule has 0 N–H and O–H groups in total. The highest BCUT2D eigenvalue weighted by molar-refractivity contribution is 5.69. The summed E-state index contributed by atoms with van der Waals surface area (Å²) in [6.45, 7) is 0. The molecule has 1 aromatic heterocycles. The Morgan fingerprint density at radius 3 is 2.00 bits per heavy atom. The van der Waals surface area contributed by atoms with E-state index >= 15 is 0 Å². The molecule has 2 rings (SSSR count). The molecule has 0 aliphatic heterocycles. The van der Waals surface area contributed by atoms with Gasteiger partial charge in [-0.15, -0.1) is 0 Å². The average molecular weight is 226 g/mol. The molecule has 0 atom stereocenters. The summed E-state index contributed by atoms with van der Waals surface area (Å²) in [5.41, 5.74) is 2.07. The zero-order chi connectivity index (χ0) is 12.1. The highest BCUT2D eigenvalue weighted by Gasteiger charge is 2.01. The quantitative estimate of drug-likeness (QED) is 0.596. The van der Waals surface area contributed by atoms with Crippen molar-refractivity contribution in [3.05, 3.63) is 70.0 Å². The van der Waals surface area contributed by atoms with Gasteiger partial charge in [0, 0.05) is 24.5 Å². The van der Waals surface area contributed by atoms with E-state index in [1.807, 2.05) is 24.3 Å². The molecule has 1 aromatic carbocycles. The van der Waals surface area contributed by atoms with Crippen LogP contribution in [0.15, 0.2) is 48.8 Å². The number of nitrogens with zero attached hydrogens (tertiary/aromatic N) is 2. The van der Waals surface area contributed by atoms with Crippen LogP contribution >= 0.6 is 0 Å². The van der Waals surface area contributed by atoms with Gasteiger partial charge >= 0.3 is 0 Å². The summed E-state index contributed by atoms with van der Waals surface area (Å²) < 4.78 is 0. The number of aromatic nitrogens is 1. The number of benzene rings is 1. The predicted octanol–water partition coefficient (Wildman–Crippen LogP) is 3.16. The Kier molecular flexibility index (Phi) is 3.25. The molecule has 0 aliphatic rings. The van der Waals surface area contributed by atoms with Crippen LogP contribution in [0.3, 0.4) is 0 Å². The summed E-state index contributed by atoms with van der Waals surface area (Å²) in [4.78, 5) is 14.0. The molecular weight excluding hydrogens is 216 g/mol. The van der Waals surface area contributed by atoms with Crippen molar-refractivity contribution in [1.29, 1.82) is 0 Å². The molecule has 0 spiro atoms. The summed E-state index contributed by atoms with van der Waals surface area (Å²) in [6.07, 6.45) is 7.27. The standard InChI is InChI=1S/C13H10N2O2/c16-15(17)13-5-3-11(4-6-13)1-2-12-7-9-14-10-8-12/h1-10H. The number of pyridine rings is 1. The van der Waals surface area contributed by atoms with E-state index in [4.69, 9.17) is 0 Å². The summed E-state index contributed by atoms with van der Waals surface area (Å²) in [6, 6.07) is 10.2. The minimum Gasteiger partial charge on any atom is -0.265 e. The summed E-state index contributed by atoms with van der Waals surface area (Å²) in [7, 11) is 0. The zero-order valence-electron chi connectivity index (χ0n) is 8.98. The van der Waals surface area contributed by atoms with Gasteiger partial charge in [0.1, 0.15) is 0 Å². The second-order valence-corrected chi connectivity index (χ2v) is 3.46. The lowest BCUT2D eigenvalue weighted by Gasteiger charge is -1.94. The van der Waals surface area contributed by atoms with Gasteiger partial charge in [0.05, 0.1) is 4.92 Å². The highest BCUT2D eigenvalue weighted by Crippen LogP contribution is 2.14. The first kappa shape index (κ1) is 11.0. The molecule has 0 aliphatic carbocycles.